The lowest BCUT2D eigenvalue weighted by Gasteiger charge is -2.57. The van der Waals surface area contributed by atoms with Crippen LogP contribution in [0.3, 0.4) is 0 Å². The second-order valence-electron chi connectivity index (χ2n) is 13.2. The number of benzene rings is 3. The van der Waals surface area contributed by atoms with Gasteiger partial charge in [0.2, 0.25) is 0 Å². The average molecular weight is 485 g/mol. The van der Waals surface area contributed by atoms with Gasteiger partial charge in [0.05, 0.1) is 29.0 Å². The summed E-state index contributed by atoms with van der Waals surface area (Å²) in [5.74, 6) is 2.76. The molecule has 0 atom stereocenters. The Bertz CT molecular complexity index is 1920. The van der Waals surface area contributed by atoms with Crippen LogP contribution in [0.2, 0.25) is 0 Å². The van der Waals surface area contributed by atoms with Crippen molar-refractivity contribution in [3.63, 3.8) is 0 Å². The lowest BCUT2D eigenvalue weighted by molar-refractivity contribution is -0.646. The Morgan fingerprint density at radius 1 is 0.838 bits per heavy atom. The lowest BCUT2D eigenvalue weighted by atomic mass is 9.47. The summed E-state index contributed by atoms with van der Waals surface area (Å²) in [5.41, 5.74) is 12.7. The number of aryl methyl sites for hydroxylation is 4. The fourth-order valence-corrected chi connectivity index (χ4v) is 9.91. The molecule has 0 N–H and O–H groups in total. The number of hydrogen-bond donors (Lipinski definition) is 0. The molecule has 4 saturated carbocycles. The fourth-order valence-electron chi connectivity index (χ4n) is 9.91. The molecule has 4 bridgehead atoms. The molecular weight excluding hydrogens is 450 g/mol. The van der Waals surface area contributed by atoms with Crippen LogP contribution < -0.4 is 4.57 Å². The van der Waals surface area contributed by atoms with E-state index in [2.05, 4.69) is 79.5 Å². The molecule has 0 saturated heterocycles. The van der Waals surface area contributed by atoms with E-state index in [-0.39, 0.29) is 0 Å². The maximum atomic E-state index is 5.12. The summed E-state index contributed by atoms with van der Waals surface area (Å²) in [6, 6.07) is 14.2. The van der Waals surface area contributed by atoms with Crippen molar-refractivity contribution in [3.8, 4) is 0 Å². The van der Waals surface area contributed by atoms with Gasteiger partial charge in [0, 0.05) is 16.2 Å². The number of nitrogens with zero attached hydrogens (tertiary/aromatic N) is 3. The molecule has 3 aromatic carbocycles. The molecule has 37 heavy (non-hydrogen) atoms. The van der Waals surface area contributed by atoms with Gasteiger partial charge in [-0.1, -0.05) is 24.3 Å². The van der Waals surface area contributed by atoms with Gasteiger partial charge in [0.15, 0.2) is 5.52 Å². The molecule has 0 spiro atoms. The average Bonchev–Trinajstić information content (AvgIpc) is 3.21. The van der Waals surface area contributed by atoms with E-state index in [1.54, 1.807) is 5.56 Å². The van der Waals surface area contributed by atoms with E-state index in [0.717, 1.165) is 17.8 Å². The monoisotopic (exact) mass is 484 g/mol. The first-order valence-corrected chi connectivity index (χ1v) is 14.3. The topological polar surface area (TPSA) is 21.2 Å². The molecule has 6 aromatic rings. The van der Waals surface area contributed by atoms with Crippen LogP contribution in [0.25, 0.3) is 49.1 Å². The number of pyridine rings is 1. The van der Waals surface area contributed by atoms with Crippen LogP contribution in [-0.2, 0) is 12.5 Å². The molecule has 0 aliphatic heterocycles. The first-order valence-electron chi connectivity index (χ1n) is 14.3. The van der Waals surface area contributed by atoms with E-state index in [4.69, 9.17) is 4.98 Å². The molecule has 0 amide bonds. The standard InChI is InChI=1S/C34H34N3/c1-18-9-19(2)31-28(20(18)3)32-30-26(35-17-36(32)4)13-25(29-24-7-5-6-8-27(24)37(31)33(29)30)34-14-21-10-22(15-34)12-23(11-21)16-34/h5-9,13,17,21-23H,10-12,14-16H2,1-4H3/q+1. The Morgan fingerprint density at radius 2 is 1.54 bits per heavy atom. The molecule has 3 aromatic heterocycles. The summed E-state index contributed by atoms with van der Waals surface area (Å²) in [6.07, 6.45) is 10.6. The van der Waals surface area contributed by atoms with E-state index < -0.39 is 0 Å². The maximum absolute atomic E-state index is 5.12. The number of fused-ring (bicyclic) bond motifs is 6. The first kappa shape index (κ1) is 20.8. The normalized spacial score (nSPS) is 27.2. The van der Waals surface area contributed by atoms with Crippen LogP contribution in [0.4, 0.5) is 0 Å². The number of para-hydroxylation sites is 1. The highest BCUT2D eigenvalue weighted by Crippen LogP contribution is 2.62. The molecule has 4 fully saturated rings. The zero-order valence-electron chi connectivity index (χ0n) is 22.4. The van der Waals surface area contributed by atoms with Crippen LogP contribution in [0.5, 0.6) is 0 Å². The highest BCUT2D eigenvalue weighted by Gasteiger charge is 2.52. The minimum absolute atomic E-state index is 0.316. The number of aromatic nitrogens is 3. The summed E-state index contributed by atoms with van der Waals surface area (Å²) in [5, 5.41) is 5.66. The third-order valence-electron chi connectivity index (χ3n) is 11.0. The van der Waals surface area contributed by atoms with Crippen LogP contribution in [-0.4, -0.2) is 9.38 Å². The Balaban J connectivity index is 1.58. The number of hydrogen-bond acceptors (Lipinski definition) is 1. The summed E-state index contributed by atoms with van der Waals surface area (Å²) in [4.78, 5) is 5.12. The summed E-state index contributed by atoms with van der Waals surface area (Å²) >= 11 is 0. The molecule has 4 aliphatic carbocycles. The second kappa shape index (κ2) is 6.62. The van der Waals surface area contributed by atoms with E-state index in [9.17, 15) is 0 Å². The fraction of sp³-hybridized carbons (Fsp3) is 0.412. The number of rotatable bonds is 1. The van der Waals surface area contributed by atoms with Gasteiger partial charge in [-0.2, -0.15) is 0 Å². The molecule has 4 aliphatic rings. The Morgan fingerprint density at radius 3 is 2.27 bits per heavy atom. The van der Waals surface area contributed by atoms with E-state index >= 15 is 0 Å². The molecule has 3 nitrogen and oxygen atoms in total. The lowest BCUT2D eigenvalue weighted by Crippen LogP contribution is -2.48. The summed E-state index contributed by atoms with van der Waals surface area (Å²) in [6.45, 7) is 6.87. The van der Waals surface area contributed by atoms with Gasteiger partial charge in [-0.05, 0) is 122 Å². The third-order valence-corrected chi connectivity index (χ3v) is 11.0. The van der Waals surface area contributed by atoms with Crippen molar-refractivity contribution in [1.82, 2.24) is 9.38 Å². The van der Waals surface area contributed by atoms with Crippen LogP contribution >= 0.6 is 0 Å². The molecular formula is C34H34N3+. The molecule has 3 heterocycles. The van der Waals surface area contributed by atoms with Gasteiger partial charge in [0.25, 0.3) is 6.33 Å². The van der Waals surface area contributed by atoms with Crippen molar-refractivity contribution in [2.75, 3.05) is 0 Å². The van der Waals surface area contributed by atoms with Crippen molar-refractivity contribution in [1.29, 1.82) is 0 Å². The highest BCUT2D eigenvalue weighted by atomic mass is 15.0. The highest BCUT2D eigenvalue weighted by molar-refractivity contribution is 6.28. The Kier molecular flexibility index (Phi) is 3.72. The Labute approximate surface area is 217 Å². The quantitative estimate of drug-likeness (QED) is 0.134. The van der Waals surface area contributed by atoms with Crippen LogP contribution in [0.1, 0.15) is 60.8 Å². The summed E-state index contributed by atoms with van der Waals surface area (Å²) in [7, 11) is 2.18. The minimum Gasteiger partial charge on any atom is -0.307 e. The largest absolute Gasteiger partial charge is 0.307 e. The minimum atomic E-state index is 0.316. The van der Waals surface area contributed by atoms with Gasteiger partial charge >= 0.3 is 0 Å². The van der Waals surface area contributed by atoms with E-state index in [0.29, 0.717) is 5.41 Å². The van der Waals surface area contributed by atoms with Gasteiger partial charge in [0.1, 0.15) is 5.52 Å². The third kappa shape index (κ3) is 2.40. The van der Waals surface area contributed by atoms with Gasteiger partial charge < -0.3 is 4.40 Å². The van der Waals surface area contributed by atoms with Gasteiger partial charge in [-0.3, -0.25) is 0 Å². The zero-order valence-corrected chi connectivity index (χ0v) is 22.4. The maximum Gasteiger partial charge on any atom is 0.287 e. The van der Waals surface area contributed by atoms with Gasteiger partial charge in [-0.15, -0.1) is 0 Å². The van der Waals surface area contributed by atoms with Crippen molar-refractivity contribution in [2.45, 2.75) is 64.7 Å². The predicted octanol–water partition coefficient (Wildman–Crippen LogP) is 7.60. The van der Waals surface area contributed by atoms with Gasteiger partial charge in [-0.25, -0.2) is 4.57 Å². The molecule has 184 valence electrons. The summed E-state index contributed by atoms with van der Waals surface area (Å²) < 4.78 is 4.90. The predicted molar refractivity (Wildman–Crippen MR) is 152 cm³/mol. The van der Waals surface area contributed by atoms with E-state index in [1.807, 2.05) is 0 Å². The van der Waals surface area contributed by atoms with Crippen molar-refractivity contribution in [2.24, 2.45) is 24.8 Å². The molecule has 0 unspecified atom stereocenters. The van der Waals surface area contributed by atoms with Crippen molar-refractivity contribution < 1.29 is 4.57 Å². The smallest absolute Gasteiger partial charge is 0.287 e. The zero-order chi connectivity index (χ0) is 24.8. The Hall–Kier alpha value is -3.20. The van der Waals surface area contributed by atoms with E-state index in [1.165, 1.54) is 104 Å². The first-order chi connectivity index (χ1) is 17.9. The van der Waals surface area contributed by atoms with Crippen LogP contribution in [0, 0.1) is 38.5 Å². The molecule has 3 heteroatoms. The second-order valence-corrected chi connectivity index (χ2v) is 13.2. The SMILES string of the molecule is Cc1cc(C)c2c(c1C)c1c3c(cc(C45CC6CC(CC(C6)C4)C5)c4c5ccccc5n2c43)nc[n+]1C. The molecule has 0 radical (unpaired) electrons. The van der Waals surface area contributed by atoms with Crippen molar-refractivity contribution >= 4 is 49.1 Å². The molecule has 10 rings (SSSR count). The van der Waals surface area contributed by atoms with Crippen molar-refractivity contribution in [3.05, 3.63) is 65.0 Å². The van der Waals surface area contributed by atoms with Crippen LogP contribution in [0.15, 0.2) is 42.7 Å².